The summed E-state index contributed by atoms with van der Waals surface area (Å²) < 4.78 is 10.2. The highest BCUT2D eigenvalue weighted by Crippen LogP contribution is 2.28. The Morgan fingerprint density at radius 2 is 1.92 bits per heavy atom. The summed E-state index contributed by atoms with van der Waals surface area (Å²) in [5.74, 6) is -0.443. The van der Waals surface area contributed by atoms with Crippen molar-refractivity contribution in [2.75, 3.05) is 13.7 Å². The van der Waals surface area contributed by atoms with Gasteiger partial charge in [-0.25, -0.2) is 4.79 Å². The van der Waals surface area contributed by atoms with Crippen molar-refractivity contribution >= 4 is 17.7 Å². The maximum Gasteiger partial charge on any atom is 0.337 e. The summed E-state index contributed by atoms with van der Waals surface area (Å²) >= 11 is 0. The van der Waals surface area contributed by atoms with Crippen LogP contribution in [0.2, 0.25) is 0 Å². The van der Waals surface area contributed by atoms with E-state index in [1.807, 2.05) is 30.3 Å². The molecule has 0 spiro atoms. The summed E-state index contributed by atoms with van der Waals surface area (Å²) in [6, 6.07) is 13.9. The van der Waals surface area contributed by atoms with Crippen molar-refractivity contribution in [2.45, 2.75) is 6.92 Å². The number of hydrogen-bond donors (Lipinski definition) is 0. The zero-order valence-corrected chi connectivity index (χ0v) is 13.4. The Hall–Kier alpha value is -3.15. The van der Waals surface area contributed by atoms with E-state index in [-0.39, 0.29) is 23.6 Å². The van der Waals surface area contributed by atoms with Crippen LogP contribution < -0.4 is 4.74 Å². The van der Waals surface area contributed by atoms with E-state index in [0.717, 1.165) is 11.1 Å². The maximum absolute atomic E-state index is 11.9. The first-order valence-corrected chi connectivity index (χ1v) is 7.23. The predicted molar refractivity (Wildman–Crippen MR) is 89.8 cm³/mol. The number of benzene rings is 2. The monoisotopic (exact) mass is 327 g/mol. The molecule has 0 radical (unpaired) electrons. The SMILES string of the molecule is COC(=O)/C(=C/c1ccccc1)COc1ccc(C)cc1[N+](=O)[O-]. The lowest BCUT2D eigenvalue weighted by molar-refractivity contribution is -0.385. The molecule has 0 aromatic heterocycles. The number of nitro benzene ring substituents is 1. The first-order chi connectivity index (χ1) is 11.5. The third-order valence-electron chi connectivity index (χ3n) is 3.28. The molecule has 6 nitrogen and oxygen atoms in total. The molecular weight excluding hydrogens is 310 g/mol. The molecule has 0 saturated carbocycles. The van der Waals surface area contributed by atoms with Gasteiger partial charge < -0.3 is 9.47 Å². The molecule has 6 heteroatoms. The molecule has 2 rings (SSSR count). The fourth-order valence-corrected chi connectivity index (χ4v) is 2.09. The van der Waals surface area contributed by atoms with Crippen LogP contribution in [0.4, 0.5) is 5.69 Å². The lowest BCUT2D eigenvalue weighted by atomic mass is 10.1. The van der Waals surface area contributed by atoms with Gasteiger partial charge in [0.1, 0.15) is 6.61 Å². The van der Waals surface area contributed by atoms with Crippen molar-refractivity contribution < 1.29 is 19.2 Å². The summed E-state index contributed by atoms with van der Waals surface area (Å²) in [6.07, 6.45) is 1.63. The highest BCUT2D eigenvalue weighted by Gasteiger charge is 2.17. The number of esters is 1. The van der Waals surface area contributed by atoms with E-state index in [1.165, 1.54) is 19.2 Å². The van der Waals surface area contributed by atoms with E-state index < -0.39 is 10.9 Å². The maximum atomic E-state index is 11.9. The molecule has 124 valence electrons. The van der Waals surface area contributed by atoms with Gasteiger partial charge in [0.15, 0.2) is 5.75 Å². The second-order valence-corrected chi connectivity index (χ2v) is 5.09. The molecule has 0 aliphatic rings. The lowest BCUT2D eigenvalue weighted by Gasteiger charge is -2.09. The van der Waals surface area contributed by atoms with Crippen LogP contribution in [-0.2, 0) is 9.53 Å². The first-order valence-electron chi connectivity index (χ1n) is 7.23. The van der Waals surface area contributed by atoms with E-state index in [1.54, 1.807) is 19.1 Å². The van der Waals surface area contributed by atoms with Crippen molar-refractivity contribution in [1.29, 1.82) is 0 Å². The summed E-state index contributed by atoms with van der Waals surface area (Å²) in [4.78, 5) is 22.5. The van der Waals surface area contributed by atoms with Gasteiger partial charge in [0, 0.05) is 6.07 Å². The number of methoxy groups -OCH3 is 1. The quantitative estimate of drug-likeness (QED) is 0.351. The number of ether oxygens (including phenoxy) is 2. The number of rotatable bonds is 6. The standard InChI is InChI=1S/C18H17NO5/c1-13-8-9-17(16(10-13)19(21)22)24-12-15(18(20)23-2)11-14-6-4-3-5-7-14/h3-11H,12H2,1-2H3/b15-11+. The summed E-state index contributed by atoms with van der Waals surface area (Å²) in [7, 11) is 1.27. The van der Waals surface area contributed by atoms with E-state index in [9.17, 15) is 14.9 Å². The lowest BCUT2D eigenvalue weighted by Crippen LogP contribution is -2.13. The zero-order valence-electron chi connectivity index (χ0n) is 13.4. The minimum atomic E-state index is -0.548. The van der Waals surface area contributed by atoms with Gasteiger partial charge in [-0.05, 0) is 30.2 Å². The number of aryl methyl sites for hydroxylation is 1. The number of carbonyl (C=O) groups is 1. The fraction of sp³-hybridized carbons (Fsp3) is 0.167. The smallest absolute Gasteiger partial charge is 0.337 e. The number of nitro groups is 1. The predicted octanol–water partition coefficient (Wildman–Crippen LogP) is 3.54. The summed E-state index contributed by atoms with van der Waals surface area (Å²) in [6.45, 7) is 1.62. The van der Waals surface area contributed by atoms with Crippen molar-refractivity contribution in [3.05, 3.63) is 75.3 Å². The third-order valence-corrected chi connectivity index (χ3v) is 3.28. The Balaban J connectivity index is 2.25. The van der Waals surface area contributed by atoms with E-state index in [0.29, 0.717) is 0 Å². The number of nitrogens with zero attached hydrogens (tertiary/aromatic N) is 1. The molecule has 0 aliphatic carbocycles. The molecule has 0 N–H and O–H groups in total. The van der Waals surface area contributed by atoms with Crippen LogP contribution in [0.25, 0.3) is 6.08 Å². The average Bonchev–Trinajstić information content (AvgIpc) is 2.59. The molecule has 0 bridgehead atoms. The van der Waals surface area contributed by atoms with E-state index in [2.05, 4.69) is 0 Å². The highest BCUT2D eigenvalue weighted by atomic mass is 16.6. The molecule has 0 saturated heterocycles. The van der Waals surface area contributed by atoms with Gasteiger partial charge in [-0.3, -0.25) is 10.1 Å². The molecule has 24 heavy (non-hydrogen) atoms. The van der Waals surface area contributed by atoms with Gasteiger partial charge in [-0.1, -0.05) is 36.4 Å². The minimum Gasteiger partial charge on any atom is -0.482 e. The van der Waals surface area contributed by atoms with Crippen LogP contribution in [0.15, 0.2) is 54.1 Å². The van der Waals surface area contributed by atoms with Crippen LogP contribution in [0.5, 0.6) is 5.75 Å². The van der Waals surface area contributed by atoms with E-state index >= 15 is 0 Å². The van der Waals surface area contributed by atoms with Gasteiger partial charge in [0.05, 0.1) is 17.6 Å². The fourth-order valence-electron chi connectivity index (χ4n) is 2.09. The molecule has 0 heterocycles. The molecule has 0 unspecified atom stereocenters. The van der Waals surface area contributed by atoms with Crippen LogP contribution in [-0.4, -0.2) is 24.6 Å². The van der Waals surface area contributed by atoms with Crippen molar-refractivity contribution in [3.63, 3.8) is 0 Å². The molecule has 2 aromatic carbocycles. The molecular formula is C18H17NO5. The molecule has 0 atom stereocenters. The van der Waals surface area contributed by atoms with Gasteiger partial charge in [-0.2, -0.15) is 0 Å². The van der Waals surface area contributed by atoms with Crippen LogP contribution in [0.1, 0.15) is 11.1 Å². The highest BCUT2D eigenvalue weighted by molar-refractivity contribution is 5.94. The Labute approximate surface area is 139 Å². The third kappa shape index (κ3) is 4.42. The number of carbonyl (C=O) groups excluding carboxylic acids is 1. The Bertz CT molecular complexity index is 768. The van der Waals surface area contributed by atoms with Crippen molar-refractivity contribution in [1.82, 2.24) is 0 Å². The van der Waals surface area contributed by atoms with Crippen molar-refractivity contribution in [3.8, 4) is 5.75 Å². The second-order valence-electron chi connectivity index (χ2n) is 5.09. The zero-order chi connectivity index (χ0) is 17.5. The number of hydrogen-bond acceptors (Lipinski definition) is 5. The second kappa shape index (κ2) is 7.92. The summed E-state index contributed by atoms with van der Waals surface area (Å²) in [5.41, 5.74) is 1.68. The van der Waals surface area contributed by atoms with Crippen molar-refractivity contribution in [2.24, 2.45) is 0 Å². The van der Waals surface area contributed by atoms with Gasteiger partial charge in [0.2, 0.25) is 0 Å². The first kappa shape index (κ1) is 17.2. The van der Waals surface area contributed by atoms with Crippen LogP contribution >= 0.6 is 0 Å². The minimum absolute atomic E-state index is 0.105. The molecule has 0 fully saturated rings. The molecule has 2 aromatic rings. The van der Waals surface area contributed by atoms with Gasteiger partial charge in [-0.15, -0.1) is 0 Å². The van der Waals surface area contributed by atoms with Crippen LogP contribution in [0.3, 0.4) is 0 Å². The topological polar surface area (TPSA) is 78.7 Å². The average molecular weight is 327 g/mol. The van der Waals surface area contributed by atoms with Crippen LogP contribution in [0, 0.1) is 17.0 Å². The molecule has 0 aliphatic heterocycles. The summed E-state index contributed by atoms with van der Waals surface area (Å²) in [5, 5.41) is 11.1. The largest absolute Gasteiger partial charge is 0.482 e. The normalized spacial score (nSPS) is 11.0. The van der Waals surface area contributed by atoms with E-state index in [4.69, 9.17) is 9.47 Å². The molecule has 0 amide bonds. The Kier molecular flexibility index (Phi) is 5.68. The van der Waals surface area contributed by atoms with Gasteiger partial charge >= 0.3 is 11.7 Å². The van der Waals surface area contributed by atoms with Gasteiger partial charge in [0.25, 0.3) is 0 Å². The Morgan fingerprint density at radius 1 is 1.21 bits per heavy atom. The Morgan fingerprint density at radius 3 is 2.54 bits per heavy atom.